The monoisotopic (exact) mass is 324 g/mol. The Balaban J connectivity index is 2.10. The number of aromatic nitrogens is 1. The lowest BCUT2D eigenvalue weighted by molar-refractivity contribution is -0.134. The minimum atomic E-state index is -0.256. The molecule has 4 rings (SSSR count). The van der Waals surface area contributed by atoms with Crippen LogP contribution < -0.4 is 5.32 Å². The molecule has 0 saturated carbocycles. The molecule has 0 amide bonds. The minimum Gasteiger partial charge on any atom is -0.464 e. The van der Waals surface area contributed by atoms with Gasteiger partial charge in [0.05, 0.1) is 18.7 Å². The second-order valence-electron chi connectivity index (χ2n) is 6.81. The number of benzene rings is 1. The zero-order valence-electron chi connectivity index (χ0n) is 14.6. The normalized spacial score (nSPS) is 21.3. The number of methoxy groups -OCH3 is 1. The molecule has 2 aliphatic rings. The summed E-state index contributed by atoms with van der Waals surface area (Å²) >= 11 is 0. The summed E-state index contributed by atoms with van der Waals surface area (Å²) < 4.78 is 7.26. The number of nitrogens with zero attached hydrogens (tertiary/aromatic N) is 1. The van der Waals surface area contributed by atoms with E-state index in [4.69, 9.17) is 4.74 Å². The first kappa shape index (κ1) is 15.5. The average Bonchev–Trinajstić information content (AvgIpc) is 2.98. The van der Waals surface area contributed by atoms with E-state index in [1.807, 2.05) is 6.07 Å². The standard InChI is InChI=1S/C20H24N2O2/c1-4-20(5-2)12-16(19(23)24-3)22-15-9-7-6-8-13(15)14-10-11-21-18(20)17(14)22/h6-9,12,18,21H,4-5,10-11H2,1-3H3. The van der Waals surface area contributed by atoms with Crippen molar-refractivity contribution in [3.8, 4) is 0 Å². The van der Waals surface area contributed by atoms with Crippen molar-refractivity contribution in [1.82, 2.24) is 9.88 Å². The first-order valence-corrected chi connectivity index (χ1v) is 8.84. The number of para-hydroxylation sites is 1. The maximum Gasteiger partial charge on any atom is 0.354 e. The number of hydrogen-bond acceptors (Lipinski definition) is 3. The Morgan fingerprint density at radius 3 is 2.79 bits per heavy atom. The van der Waals surface area contributed by atoms with Crippen molar-refractivity contribution in [3.63, 3.8) is 0 Å². The van der Waals surface area contributed by atoms with Crippen LogP contribution in [0.15, 0.2) is 30.3 Å². The maximum absolute atomic E-state index is 12.6. The van der Waals surface area contributed by atoms with Crippen LogP contribution in [0.1, 0.15) is 44.0 Å². The van der Waals surface area contributed by atoms with Crippen LogP contribution in [-0.2, 0) is 16.0 Å². The molecule has 1 N–H and O–H groups in total. The molecule has 0 saturated heterocycles. The molecule has 1 unspecified atom stereocenters. The molecular formula is C20H24N2O2. The Morgan fingerprint density at radius 1 is 1.33 bits per heavy atom. The average molecular weight is 324 g/mol. The summed E-state index contributed by atoms with van der Waals surface area (Å²) in [5.41, 5.74) is 4.36. The van der Waals surface area contributed by atoms with E-state index in [9.17, 15) is 4.79 Å². The summed E-state index contributed by atoms with van der Waals surface area (Å²) in [7, 11) is 1.46. The van der Waals surface area contributed by atoms with Crippen molar-refractivity contribution < 1.29 is 9.53 Å². The molecule has 0 fully saturated rings. The molecule has 24 heavy (non-hydrogen) atoms. The van der Waals surface area contributed by atoms with Gasteiger partial charge >= 0.3 is 5.97 Å². The number of hydrogen-bond donors (Lipinski definition) is 1. The van der Waals surface area contributed by atoms with Crippen molar-refractivity contribution in [2.45, 2.75) is 39.2 Å². The van der Waals surface area contributed by atoms with Crippen LogP contribution in [0.3, 0.4) is 0 Å². The topological polar surface area (TPSA) is 43.3 Å². The number of carbonyl (C=O) groups is 1. The molecule has 0 aliphatic carbocycles. The molecule has 2 aliphatic heterocycles. The summed E-state index contributed by atoms with van der Waals surface area (Å²) in [5.74, 6) is -0.256. The van der Waals surface area contributed by atoms with E-state index in [0.717, 1.165) is 31.3 Å². The third kappa shape index (κ3) is 1.86. The summed E-state index contributed by atoms with van der Waals surface area (Å²) in [5, 5.41) is 4.99. The third-order valence-corrected chi connectivity index (χ3v) is 5.97. The number of fused-ring (bicyclic) bond motifs is 3. The van der Waals surface area contributed by atoms with E-state index in [1.165, 1.54) is 23.8 Å². The van der Waals surface area contributed by atoms with E-state index in [2.05, 4.69) is 48.0 Å². The van der Waals surface area contributed by atoms with Crippen LogP contribution in [0.25, 0.3) is 16.6 Å². The molecular weight excluding hydrogens is 300 g/mol. The smallest absolute Gasteiger partial charge is 0.354 e. The van der Waals surface area contributed by atoms with Crippen LogP contribution in [0, 0.1) is 5.41 Å². The van der Waals surface area contributed by atoms with E-state index in [0.29, 0.717) is 5.70 Å². The fourth-order valence-electron chi connectivity index (χ4n) is 4.60. The zero-order valence-corrected chi connectivity index (χ0v) is 14.6. The number of esters is 1. The first-order valence-electron chi connectivity index (χ1n) is 8.84. The van der Waals surface area contributed by atoms with Crippen LogP contribution in [0.5, 0.6) is 0 Å². The lowest BCUT2D eigenvalue weighted by Gasteiger charge is -2.44. The molecule has 4 nitrogen and oxygen atoms in total. The quantitative estimate of drug-likeness (QED) is 0.876. The molecule has 1 aromatic heterocycles. The van der Waals surface area contributed by atoms with Gasteiger partial charge in [0.2, 0.25) is 0 Å². The van der Waals surface area contributed by atoms with E-state index >= 15 is 0 Å². The van der Waals surface area contributed by atoms with E-state index in [1.54, 1.807) is 0 Å². The Hall–Kier alpha value is -2.07. The maximum atomic E-state index is 12.6. The van der Waals surface area contributed by atoms with Crippen LogP contribution >= 0.6 is 0 Å². The van der Waals surface area contributed by atoms with Crippen molar-refractivity contribution in [3.05, 3.63) is 41.6 Å². The summed E-state index contributed by atoms with van der Waals surface area (Å²) in [6.07, 6.45) is 5.13. The predicted molar refractivity (Wildman–Crippen MR) is 95.7 cm³/mol. The Labute approximate surface area is 142 Å². The Morgan fingerprint density at radius 2 is 2.08 bits per heavy atom. The van der Waals surface area contributed by atoms with Crippen molar-refractivity contribution in [2.24, 2.45) is 5.41 Å². The highest BCUT2D eigenvalue weighted by Crippen LogP contribution is 2.51. The van der Waals surface area contributed by atoms with Gasteiger partial charge in [-0.2, -0.15) is 0 Å². The van der Waals surface area contributed by atoms with E-state index < -0.39 is 0 Å². The van der Waals surface area contributed by atoms with Gasteiger partial charge in [-0.15, -0.1) is 0 Å². The van der Waals surface area contributed by atoms with Crippen LogP contribution in [0.2, 0.25) is 0 Å². The number of ether oxygens (including phenoxy) is 1. The Bertz CT molecular complexity index is 843. The Kier molecular flexibility index (Phi) is 3.53. The third-order valence-electron chi connectivity index (χ3n) is 5.97. The highest BCUT2D eigenvalue weighted by Gasteiger charge is 2.45. The second kappa shape index (κ2) is 5.49. The highest BCUT2D eigenvalue weighted by atomic mass is 16.5. The molecule has 1 aromatic carbocycles. The molecule has 1 atom stereocenters. The fourth-order valence-corrected chi connectivity index (χ4v) is 4.60. The lowest BCUT2D eigenvalue weighted by atomic mass is 9.70. The molecule has 0 spiro atoms. The van der Waals surface area contributed by atoms with E-state index in [-0.39, 0.29) is 17.4 Å². The number of carbonyl (C=O) groups excluding carboxylic acids is 1. The van der Waals surface area contributed by atoms with Gasteiger partial charge in [-0.1, -0.05) is 32.0 Å². The molecule has 2 aromatic rings. The van der Waals surface area contributed by atoms with Gasteiger partial charge in [0, 0.05) is 16.5 Å². The first-order chi connectivity index (χ1) is 11.7. The zero-order chi connectivity index (χ0) is 16.9. The molecule has 3 heterocycles. The SMILES string of the molecule is CCC1(CC)C=C(C(=O)OC)n2c3c(c4ccccc42)CCNC31. The van der Waals surface area contributed by atoms with Gasteiger partial charge in [0.1, 0.15) is 5.70 Å². The van der Waals surface area contributed by atoms with Crippen molar-refractivity contribution in [2.75, 3.05) is 13.7 Å². The highest BCUT2D eigenvalue weighted by molar-refractivity contribution is 6.13. The van der Waals surface area contributed by atoms with Gasteiger partial charge in [-0.3, -0.25) is 0 Å². The van der Waals surface area contributed by atoms with Gasteiger partial charge in [0.25, 0.3) is 0 Å². The van der Waals surface area contributed by atoms with Crippen LogP contribution in [0.4, 0.5) is 0 Å². The molecule has 0 bridgehead atoms. The van der Waals surface area contributed by atoms with Crippen molar-refractivity contribution >= 4 is 22.6 Å². The predicted octanol–water partition coefficient (Wildman–Crippen LogP) is 3.66. The molecule has 126 valence electrons. The summed E-state index contributed by atoms with van der Waals surface area (Å²) in [6, 6.07) is 8.64. The van der Waals surface area contributed by atoms with Gasteiger partial charge in [-0.05, 0) is 43.5 Å². The van der Waals surface area contributed by atoms with Crippen molar-refractivity contribution in [1.29, 1.82) is 0 Å². The summed E-state index contributed by atoms with van der Waals surface area (Å²) in [6.45, 7) is 5.40. The van der Waals surface area contributed by atoms with Crippen LogP contribution in [-0.4, -0.2) is 24.2 Å². The number of rotatable bonds is 3. The lowest BCUT2D eigenvalue weighted by Crippen LogP contribution is -2.44. The fraction of sp³-hybridized carbons (Fsp3) is 0.450. The molecule has 0 radical (unpaired) electrons. The second-order valence-corrected chi connectivity index (χ2v) is 6.81. The summed E-state index contributed by atoms with van der Waals surface area (Å²) in [4.78, 5) is 12.6. The van der Waals surface area contributed by atoms with Gasteiger partial charge in [-0.25, -0.2) is 4.79 Å². The van der Waals surface area contributed by atoms with Gasteiger partial charge in [0.15, 0.2) is 0 Å². The largest absolute Gasteiger partial charge is 0.464 e. The minimum absolute atomic E-state index is 0.0525. The molecule has 4 heteroatoms. The van der Waals surface area contributed by atoms with Gasteiger partial charge < -0.3 is 14.6 Å². The number of nitrogens with one attached hydrogen (secondary N) is 1.